The number of fused-ring (bicyclic) bond motifs is 1. The van der Waals surface area contributed by atoms with E-state index in [2.05, 4.69) is 15.5 Å². The minimum Gasteiger partial charge on any atom is -0.508 e. The second-order valence-corrected chi connectivity index (χ2v) is 4.71. The Morgan fingerprint density at radius 2 is 2.15 bits per heavy atom. The van der Waals surface area contributed by atoms with Crippen molar-refractivity contribution in [3.8, 4) is 5.75 Å². The number of benzene rings is 2. The van der Waals surface area contributed by atoms with E-state index in [1.807, 2.05) is 25.1 Å². The van der Waals surface area contributed by atoms with Crippen molar-refractivity contribution in [3.05, 3.63) is 54.0 Å². The molecule has 20 heavy (non-hydrogen) atoms. The first-order valence-corrected chi connectivity index (χ1v) is 6.32. The van der Waals surface area contributed by atoms with Crippen molar-refractivity contribution in [1.29, 1.82) is 0 Å². The normalized spacial score (nSPS) is 12.5. The highest BCUT2D eigenvalue weighted by Crippen LogP contribution is 2.27. The molecular weight excluding hydrogens is 257 g/mol. The number of hydrogen-bond acceptors (Lipinski definition) is 3. The number of para-hydroxylation sites is 1. The maximum Gasteiger partial charge on any atom is 0.132 e. The number of phenolic OH excluding ortho intramolecular Hbond substituents is 1. The summed E-state index contributed by atoms with van der Waals surface area (Å²) in [5, 5.41) is 20.4. The molecule has 3 rings (SSSR count). The largest absolute Gasteiger partial charge is 0.508 e. The fourth-order valence-corrected chi connectivity index (χ4v) is 2.27. The smallest absolute Gasteiger partial charge is 0.132 e. The summed E-state index contributed by atoms with van der Waals surface area (Å²) in [6.45, 7) is 1.87. The van der Waals surface area contributed by atoms with Gasteiger partial charge in [0.1, 0.15) is 11.6 Å². The highest BCUT2D eigenvalue weighted by Gasteiger charge is 2.13. The SMILES string of the molecule is CC(Nc1cccc2cn[nH]c12)c1ccc(O)cc1F. The first-order chi connectivity index (χ1) is 9.65. The zero-order valence-electron chi connectivity index (χ0n) is 10.9. The zero-order valence-corrected chi connectivity index (χ0v) is 10.9. The van der Waals surface area contributed by atoms with Crippen LogP contribution in [0.25, 0.3) is 10.9 Å². The van der Waals surface area contributed by atoms with Crippen LogP contribution in [0.4, 0.5) is 10.1 Å². The Morgan fingerprint density at radius 3 is 2.95 bits per heavy atom. The fraction of sp³-hybridized carbons (Fsp3) is 0.133. The van der Waals surface area contributed by atoms with Gasteiger partial charge < -0.3 is 10.4 Å². The van der Waals surface area contributed by atoms with Crippen molar-refractivity contribution in [3.63, 3.8) is 0 Å². The predicted octanol–water partition coefficient (Wildman–Crippen LogP) is 3.58. The van der Waals surface area contributed by atoms with Gasteiger partial charge in [0.2, 0.25) is 0 Å². The second-order valence-electron chi connectivity index (χ2n) is 4.71. The van der Waals surface area contributed by atoms with Crippen LogP contribution < -0.4 is 5.32 Å². The van der Waals surface area contributed by atoms with E-state index in [0.717, 1.165) is 22.7 Å². The van der Waals surface area contributed by atoms with E-state index in [4.69, 9.17) is 0 Å². The Bertz CT molecular complexity index is 754. The highest BCUT2D eigenvalue weighted by molar-refractivity contribution is 5.90. The van der Waals surface area contributed by atoms with E-state index in [1.54, 1.807) is 12.3 Å². The monoisotopic (exact) mass is 271 g/mol. The molecule has 0 saturated heterocycles. The number of aromatic hydroxyl groups is 1. The predicted molar refractivity (Wildman–Crippen MR) is 76.2 cm³/mol. The summed E-state index contributed by atoms with van der Waals surface area (Å²) in [5.74, 6) is -0.504. The Hall–Kier alpha value is -2.56. The van der Waals surface area contributed by atoms with Crippen LogP contribution in [0, 0.1) is 5.82 Å². The first kappa shape index (κ1) is 12.5. The molecule has 102 valence electrons. The Labute approximate surface area is 115 Å². The summed E-state index contributed by atoms with van der Waals surface area (Å²) in [7, 11) is 0. The number of phenols is 1. The van der Waals surface area contributed by atoms with Crippen LogP contribution in [0.15, 0.2) is 42.6 Å². The van der Waals surface area contributed by atoms with Crippen LogP contribution in [0.1, 0.15) is 18.5 Å². The van der Waals surface area contributed by atoms with Crippen molar-refractivity contribution in [2.75, 3.05) is 5.32 Å². The molecule has 1 atom stereocenters. The third-order valence-corrected chi connectivity index (χ3v) is 3.30. The van der Waals surface area contributed by atoms with Crippen LogP contribution in [0.3, 0.4) is 0 Å². The van der Waals surface area contributed by atoms with Gasteiger partial charge in [-0.2, -0.15) is 5.10 Å². The van der Waals surface area contributed by atoms with Gasteiger partial charge in [0.15, 0.2) is 0 Å². The number of rotatable bonds is 3. The minimum atomic E-state index is -0.429. The van der Waals surface area contributed by atoms with Gasteiger partial charge in [0, 0.05) is 17.0 Å². The second kappa shape index (κ2) is 4.85. The van der Waals surface area contributed by atoms with E-state index in [0.29, 0.717) is 5.56 Å². The first-order valence-electron chi connectivity index (χ1n) is 6.32. The van der Waals surface area contributed by atoms with Crippen molar-refractivity contribution in [1.82, 2.24) is 10.2 Å². The number of nitrogens with zero attached hydrogens (tertiary/aromatic N) is 1. The molecule has 0 radical (unpaired) electrons. The van der Waals surface area contributed by atoms with Crippen LogP contribution >= 0.6 is 0 Å². The van der Waals surface area contributed by atoms with Gasteiger partial charge in [-0.05, 0) is 19.1 Å². The molecule has 5 heteroatoms. The molecule has 1 heterocycles. The maximum atomic E-state index is 13.8. The van der Waals surface area contributed by atoms with Gasteiger partial charge in [0.25, 0.3) is 0 Å². The Kier molecular flexibility index (Phi) is 3.02. The number of anilines is 1. The molecule has 0 fully saturated rings. The molecule has 0 bridgehead atoms. The highest BCUT2D eigenvalue weighted by atomic mass is 19.1. The van der Waals surface area contributed by atoms with Crippen LogP contribution in [0.5, 0.6) is 5.75 Å². The lowest BCUT2D eigenvalue weighted by Crippen LogP contribution is -2.08. The van der Waals surface area contributed by atoms with E-state index < -0.39 is 5.82 Å². The molecule has 4 nitrogen and oxygen atoms in total. The molecule has 0 saturated carbocycles. The van der Waals surface area contributed by atoms with E-state index >= 15 is 0 Å². The van der Waals surface area contributed by atoms with Crippen molar-refractivity contribution >= 4 is 16.6 Å². The van der Waals surface area contributed by atoms with Crippen LogP contribution in [0.2, 0.25) is 0 Å². The van der Waals surface area contributed by atoms with Gasteiger partial charge in [-0.3, -0.25) is 5.10 Å². The standard InChI is InChI=1S/C15H14FN3O/c1-9(12-6-5-11(20)7-13(12)16)18-14-4-2-3-10-8-17-19-15(10)14/h2-9,18,20H,1H3,(H,17,19). The number of hydrogen-bond donors (Lipinski definition) is 3. The molecule has 0 amide bonds. The molecule has 0 spiro atoms. The molecule has 0 aliphatic carbocycles. The third kappa shape index (κ3) is 2.18. The molecule has 2 aromatic carbocycles. The number of aromatic amines is 1. The van der Waals surface area contributed by atoms with E-state index in [9.17, 15) is 9.50 Å². The van der Waals surface area contributed by atoms with Gasteiger partial charge >= 0.3 is 0 Å². The summed E-state index contributed by atoms with van der Waals surface area (Å²) >= 11 is 0. The molecule has 0 aliphatic heterocycles. The average molecular weight is 271 g/mol. The summed E-state index contributed by atoms with van der Waals surface area (Å²) in [6.07, 6.45) is 1.74. The minimum absolute atomic E-state index is 0.0749. The summed E-state index contributed by atoms with van der Waals surface area (Å²) in [5.41, 5.74) is 2.25. The quantitative estimate of drug-likeness (QED) is 0.682. The van der Waals surface area contributed by atoms with E-state index in [-0.39, 0.29) is 11.8 Å². The molecule has 0 aliphatic rings. The number of nitrogens with one attached hydrogen (secondary N) is 2. The van der Waals surface area contributed by atoms with E-state index in [1.165, 1.54) is 6.07 Å². The van der Waals surface area contributed by atoms with Crippen LogP contribution in [-0.2, 0) is 0 Å². The maximum absolute atomic E-state index is 13.8. The van der Waals surface area contributed by atoms with Gasteiger partial charge in [0.05, 0.1) is 23.4 Å². The number of halogens is 1. The Balaban J connectivity index is 1.92. The van der Waals surface area contributed by atoms with Crippen LogP contribution in [-0.4, -0.2) is 15.3 Å². The summed E-state index contributed by atoms with van der Waals surface area (Å²) < 4.78 is 13.8. The molecule has 1 aromatic heterocycles. The molecule has 1 unspecified atom stereocenters. The number of H-pyrrole nitrogens is 1. The molecular formula is C15H14FN3O. The lowest BCUT2D eigenvalue weighted by atomic mass is 10.1. The zero-order chi connectivity index (χ0) is 14.1. The van der Waals surface area contributed by atoms with Gasteiger partial charge in [-0.25, -0.2) is 4.39 Å². The average Bonchev–Trinajstić information content (AvgIpc) is 2.87. The van der Waals surface area contributed by atoms with Crippen molar-refractivity contribution in [2.24, 2.45) is 0 Å². The number of aromatic nitrogens is 2. The van der Waals surface area contributed by atoms with Crippen molar-refractivity contribution in [2.45, 2.75) is 13.0 Å². The summed E-state index contributed by atoms with van der Waals surface area (Å²) in [6, 6.07) is 9.72. The van der Waals surface area contributed by atoms with Gasteiger partial charge in [-0.1, -0.05) is 18.2 Å². The molecule has 3 N–H and O–H groups in total. The van der Waals surface area contributed by atoms with Crippen molar-refractivity contribution < 1.29 is 9.50 Å². The lowest BCUT2D eigenvalue weighted by molar-refractivity contribution is 0.467. The lowest BCUT2D eigenvalue weighted by Gasteiger charge is -2.17. The Morgan fingerprint density at radius 1 is 1.30 bits per heavy atom. The fourth-order valence-electron chi connectivity index (χ4n) is 2.27. The summed E-state index contributed by atoms with van der Waals surface area (Å²) in [4.78, 5) is 0. The van der Waals surface area contributed by atoms with Gasteiger partial charge in [-0.15, -0.1) is 0 Å². The topological polar surface area (TPSA) is 60.9 Å². The third-order valence-electron chi connectivity index (χ3n) is 3.30. The molecule has 3 aromatic rings.